The van der Waals surface area contributed by atoms with Crippen molar-refractivity contribution in [1.29, 1.82) is 0 Å². The lowest BCUT2D eigenvalue weighted by molar-refractivity contribution is 0.184. The Bertz CT molecular complexity index is 519. The quantitative estimate of drug-likeness (QED) is 0.911. The number of aliphatic hydroxyl groups excluding tert-OH is 1. The van der Waals surface area contributed by atoms with Crippen LogP contribution in [-0.4, -0.2) is 12.2 Å². The maximum absolute atomic E-state index is 10.3. The number of aliphatic hydroxyl groups is 1. The Morgan fingerprint density at radius 2 is 2.12 bits per heavy atom. The number of benzene rings is 1. The Labute approximate surface area is 105 Å². The molecule has 0 spiro atoms. The average Bonchev–Trinajstić information content (AvgIpc) is 2.74. The summed E-state index contributed by atoms with van der Waals surface area (Å²) >= 11 is 5.92. The molecular weight excluding hydrogens is 240 g/mol. The van der Waals surface area contributed by atoms with E-state index in [0.717, 1.165) is 5.56 Å². The maximum atomic E-state index is 10.3. The van der Waals surface area contributed by atoms with Crippen LogP contribution in [0.1, 0.15) is 23.0 Å². The van der Waals surface area contributed by atoms with Gasteiger partial charge >= 0.3 is 0 Å². The van der Waals surface area contributed by atoms with Crippen LogP contribution in [0.2, 0.25) is 5.02 Å². The molecule has 0 amide bonds. The topological polar surface area (TPSA) is 42.6 Å². The SMILES string of the molecule is COc1ccc(Cl)cc1C(O)c1occc1C. The van der Waals surface area contributed by atoms with Crippen LogP contribution in [0.4, 0.5) is 0 Å². The highest BCUT2D eigenvalue weighted by Gasteiger charge is 2.20. The molecular formula is C13H13ClO3. The van der Waals surface area contributed by atoms with Gasteiger partial charge in [-0.05, 0) is 36.8 Å². The summed E-state index contributed by atoms with van der Waals surface area (Å²) in [6.45, 7) is 1.87. The van der Waals surface area contributed by atoms with Crippen molar-refractivity contribution >= 4 is 11.6 Å². The molecule has 1 aromatic heterocycles. The fourth-order valence-corrected chi connectivity index (χ4v) is 1.91. The van der Waals surface area contributed by atoms with Crippen molar-refractivity contribution in [2.75, 3.05) is 7.11 Å². The standard InChI is InChI=1S/C13H13ClO3/c1-8-5-6-17-13(8)12(15)10-7-9(14)3-4-11(10)16-2/h3-7,12,15H,1-2H3. The van der Waals surface area contributed by atoms with E-state index in [4.69, 9.17) is 20.8 Å². The van der Waals surface area contributed by atoms with Gasteiger partial charge in [0.05, 0.1) is 13.4 Å². The maximum Gasteiger partial charge on any atom is 0.140 e. The van der Waals surface area contributed by atoms with E-state index in [1.54, 1.807) is 37.6 Å². The molecule has 0 aliphatic carbocycles. The van der Waals surface area contributed by atoms with Crippen molar-refractivity contribution in [3.05, 3.63) is 52.4 Å². The minimum Gasteiger partial charge on any atom is -0.496 e. The molecule has 0 saturated heterocycles. The van der Waals surface area contributed by atoms with Crippen molar-refractivity contribution in [1.82, 2.24) is 0 Å². The van der Waals surface area contributed by atoms with Gasteiger partial charge in [0, 0.05) is 10.6 Å². The van der Waals surface area contributed by atoms with Crippen molar-refractivity contribution in [3.8, 4) is 5.75 Å². The highest BCUT2D eigenvalue weighted by molar-refractivity contribution is 6.30. The Balaban J connectivity index is 2.46. The third kappa shape index (κ3) is 2.30. The second kappa shape index (κ2) is 4.82. The number of hydrogen-bond acceptors (Lipinski definition) is 3. The molecule has 2 rings (SSSR count). The lowest BCUT2D eigenvalue weighted by Crippen LogP contribution is -2.02. The van der Waals surface area contributed by atoms with Crippen LogP contribution >= 0.6 is 11.6 Å². The van der Waals surface area contributed by atoms with Crippen molar-refractivity contribution in [2.45, 2.75) is 13.0 Å². The Kier molecular flexibility index (Phi) is 3.41. The number of aryl methyl sites for hydroxylation is 1. The Morgan fingerprint density at radius 3 is 2.71 bits per heavy atom. The molecule has 0 bridgehead atoms. The fraction of sp³-hybridized carbons (Fsp3) is 0.231. The molecule has 0 fully saturated rings. The molecule has 2 aromatic rings. The number of methoxy groups -OCH3 is 1. The lowest BCUT2D eigenvalue weighted by Gasteiger charge is -2.14. The van der Waals surface area contributed by atoms with Gasteiger partial charge in [0.15, 0.2) is 0 Å². The molecule has 90 valence electrons. The highest BCUT2D eigenvalue weighted by atomic mass is 35.5. The number of furan rings is 1. The van der Waals surface area contributed by atoms with Gasteiger partial charge in [-0.2, -0.15) is 0 Å². The number of hydrogen-bond donors (Lipinski definition) is 1. The zero-order valence-corrected chi connectivity index (χ0v) is 10.4. The fourth-order valence-electron chi connectivity index (χ4n) is 1.72. The molecule has 0 saturated carbocycles. The van der Waals surface area contributed by atoms with E-state index in [0.29, 0.717) is 22.1 Å². The summed E-state index contributed by atoms with van der Waals surface area (Å²) in [5.74, 6) is 1.09. The normalized spacial score (nSPS) is 12.5. The zero-order valence-electron chi connectivity index (χ0n) is 9.61. The number of ether oxygens (including phenoxy) is 1. The van der Waals surface area contributed by atoms with E-state index >= 15 is 0 Å². The molecule has 0 radical (unpaired) electrons. The van der Waals surface area contributed by atoms with Crippen LogP contribution in [0, 0.1) is 6.92 Å². The molecule has 1 aromatic carbocycles. The third-order valence-corrected chi connectivity index (χ3v) is 2.87. The minimum absolute atomic E-state index is 0.505. The number of rotatable bonds is 3. The van der Waals surface area contributed by atoms with Crippen LogP contribution in [-0.2, 0) is 0 Å². The summed E-state index contributed by atoms with van der Waals surface area (Å²) in [5, 5.41) is 10.8. The summed E-state index contributed by atoms with van der Waals surface area (Å²) < 4.78 is 10.5. The van der Waals surface area contributed by atoms with Gasteiger partial charge in [-0.3, -0.25) is 0 Å². The van der Waals surface area contributed by atoms with Crippen LogP contribution in [0.25, 0.3) is 0 Å². The van der Waals surface area contributed by atoms with Gasteiger partial charge in [0.1, 0.15) is 17.6 Å². The van der Waals surface area contributed by atoms with E-state index in [1.807, 2.05) is 6.92 Å². The van der Waals surface area contributed by atoms with Crippen LogP contribution in [0.3, 0.4) is 0 Å². The molecule has 0 aliphatic rings. The predicted octanol–water partition coefficient (Wildman–Crippen LogP) is 3.33. The molecule has 1 atom stereocenters. The Hall–Kier alpha value is -1.45. The molecule has 3 nitrogen and oxygen atoms in total. The van der Waals surface area contributed by atoms with Crippen molar-refractivity contribution in [3.63, 3.8) is 0 Å². The van der Waals surface area contributed by atoms with Crippen molar-refractivity contribution < 1.29 is 14.3 Å². The summed E-state index contributed by atoms with van der Waals surface area (Å²) in [7, 11) is 1.55. The van der Waals surface area contributed by atoms with Gasteiger partial charge in [0.2, 0.25) is 0 Å². The largest absolute Gasteiger partial charge is 0.496 e. The van der Waals surface area contributed by atoms with Gasteiger partial charge in [-0.15, -0.1) is 0 Å². The number of halogens is 1. The average molecular weight is 253 g/mol. The van der Waals surface area contributed by atoms with E-state index in [9.17, 15) is 5.11 Å². The third-order valence-electron chi connectivity index (χ3n) is 2.64. The molecule has 1 N–H and O–H groups in total. The van der Waals surface area contributed by atoms with Gasteiger partial charge in [-0.1, -0.05) is 11.6 Å². The van der Waals surface area contributed by atoms with E-state index in [-0.39, 0.29) is 0 Å². The van der Waals surface area contributed by atoms with E-state index in [1.165, 1.54) is 0 Å². The first kappa shape index (κ1) is 12.0. The van der Waals surface area contributed by atoms with E-state index < -0.39 is 6.10 Å². The van der Waals surface area contributed by atoms with Crippen LogP contribution < -0.4 is 4.74 Å². The molecule has 1 heterocycles. The molecule has 17 heavy (non-hydrogen) atoms. The van der Waals surface area contributed by atoms with Crippen LogP contribution in [0.5, 0.6) is 5.75 Å². The van der Waals surface area contributed by atoms with Gasteiger partial charge < -0.3 is 14.3 Å². The molecule has 0 aliphatic heterocycles. The van der Waals surface area contributed by atoms with Crippen LogP contribution in [0.15, 0.2) is 34.9 Å². The summed E-state index contributed by atoms with van der Waals surface area (Å²) in [6.07, 6.45) is 0.670. The second-order valence-corrected chi connectivity index (χ2v) is 4.19. The zero-order chi connectivity index (χ0) is 12.4. The lowest BCUT2D eigenvalue weighted by atomic mass is 10.0. The first-order valence-corrected chi connectivity index (χ1v) is 5.56. The second-order valence-electron chi connectivity index (χ2n) is 3.76. The monoisotopic (exact) mass is 252 g/mol. The van der Waals surface area contributed by atoms with Gasteiger partial charge in [0.25, 0.3) is 0 Å². The molecule has 1 unspecified atom stereocenters. The summed E-state index contributed by atoms with van der Waals surface area (Å²) in [4.78, 5) is 0. The van der Waals surface area contributed by atoms with Gasteiger partial charge in [-0.25, -0.2) is 0 Å². The first-order chi connectivity index (χ1) is 8.13. The smallest absolute Gasteiger partial charge is 0.140 e. The minimum atomic E-state index is -0.876. The molecule has 4 heteroatoms. The summed E-state index contributed by atoms with van der Waals surface area (Å²) in [5.41, 5.74) is 1.48. The summed E-state index contributed by atoms with van der Waals surface area (Å²) in [6, 6.07) is 6.91. The van der Waals surface area contributed by atoms with Crippen molar-refractivity contribution in [2.24, 2.45) is 0 Å². The van der Waals surface area contributed by atoms with E-state index in [2.05, 4.69) is 0 Å². The first-order valence-electron chi connectivity index (χ1n) is 5.19. The highest BCUT2D eigenvalue weighted by Crippen LogP contribution is 2.33. The Morgan fingerprint density at radius 1 is 1.35 bits per heavy atom. The predicted molar refractivity (Wildman–Crippen MR) is 65.5 cm³/mol.